The molecule has 2 aliphatic heterocycles. The summed E-state index contributed by atoms with van der Waals surface area (Å²) in [6.45, 7) is 2.56. The van der Waals surface area contributed by atoms with E-state index in [9.17, 15) is 9.90 Å². The van der Waals surface area contributed by atoms with Crippen molar-refractivity contribution in [2.24, 2.45) is 10.7 Å². The van der Waals surface area contributed by atoms with Gasteiger partial charge in [-0.1, -0.05) is 18.2 Å². The van der Waals surface area contributed by atoms with Gasteiger partial charge in [0.25, 0.3) is 5.91 Å². The maximum atomic E-state index is 13.6. The Labute approximate surface area is 198 Å². The lowest BCUT2D eigenvalue weighted by atomic mass is 9.88. The molecule has 9 heteroatoms. The number of halogens is 1. The highest BCUT2D eigenvalue weighted by molar-refractivity contribution is 14.0. The summed E-state index contributed by atoms with van der Waals surface area (Å²) >= 11 is 0. The van der Waals surface area contributed by atoms with Crippen molar-refractivity contribution in [1.82, 2.24) is 0 Å². The Balaban J connectivity index is 0.00000272. The number of hydrogen-bond donors (Lipinski definition) is 1. The Morgan fingerprint density at radius 3 is 2.77 bits per heavy atom. The topological polar surface area (TPSA) is 106 Å². The lowest BCUT2D eigenvalue weighted by Gasteiger charge is -2.47. The normalized spacial score (nSPS) is 21.8. The SMILES string of the molecule is COc1c2c(cc3c1C(C([O-])=Nc1ccccc1C)[N+](C)(CC(N)=O)CC3)OCO2.I. The van der Waals surface area contributed by atoms with Gasteiger partial charge in [0.15, 0.2) is 18.0 Å². The molecule has 2 aromatic rings. The summed E-state index contributed by atoms with van der Waals surface area (Å²) in [5, 5.41) is 13.6. The van der Waals surface area contributed by atoms with Crippen LogP contribution in [0.15, 0.2) is 35.3 Å². The van der Waals surface area contributed by atoms with Crippen LogP contribution in [0.4, 0.5) is 5.69 Å². The highest BCUT2D eigenvalue weighted by atomic mass is 127. The number of benzene rings is 2. The average molecular weight is 539 g/mol. The lowest BCUT2D eigenvalue weighted by Crippen LogP contribution is -2.59. The van der Waals surface area contributed by atoms with Gasteiger partial charge in [0, 0.05) is 12.3 Å². The van der Waals surface area contributed by atoms with Crippen molar-refractivity contribution in [2.45, 2.75) is 19.4 Å². The number of nitrogens with zero attached hydrogens (tertiary/aromatic N) is 2. The zero-order chi connectivity index (χ0) is 21.5. The van der Waals surface area contributed by atoms with Crippen LogP contribution in [-0.2, 0) is 11.2 Å². The van der Waals surface area contributed by atoms with E-state index < -0.39 is 11.9 Å². The van der Waals surface area contributed by atoms with E-state index in [1.807, 2.05) is 38.2 Å². The predicted molar refractivity (Wildman–Crippen MR) is 124 cm³/mol. The quantitative estimate of drug-likeness (QED) is 0.271. The van der Waals surface area contributed by atoms with E-state index in [0.717, 1.165) is 11.1 Å². The van der Waals surface area contributed by atoms with Crippen LogP contribution in [0.25, 0.3) is 0 Å². The van der Waals surface area contributed by atoms with Crippen LogP contribution < -0.4 is 25.1 Å². The zero-order valence-electron chi connectivity index (χ0n) is 17.7. The number of quaternary nitrogens is 1. The summed E-state index contributed by atoms with van der Waals surface area (Å²) in [6.07, 6.45) is 0.639. The maximum absolute atomic E-state index is 13.6. The molecule has 0 radical (unpaired) electrons. The largest absolute Gasteiger partial charge is 0.857 e. The summed E-state index contributed by atoms with van der Waals surface area (Å²) in [7, 11) is 3.39. The number of primary amides is 1. The van der Waals surface area contributed by atoms with Gasteiger partial charge >= 0.3 is 0 Å². The molecular weight excluding hydrogens is 513 g/mol. The van der Waals surface area contributed by atoms with E-state index in [1.165, 1.54) is 7.11 Å². The lowest BCUT2D eigenvalue weighted by molar-refractivity contribution is -0.925. The fraction of sp³-hybridized carbons (Fsp3) is 0.364. The summed E-state index contributed by atoms with van der Waals surface area (Å²) in [5.41, 5.74) is 8.65. The average Bonchev–Trinajstić information content (AvgIpc) is 3.15. The summed E-state index contributed by atoms with van der Waals surface area (Å²) in [4.78, 5) is 16.3. The summed E-state index contributed by atoms with van der Waals surface area (Å²) < 4.78 is 17.0. The molecule has 2 atom stereocenters. The molecular formula is C22H26IN3O5. The van der Waals surface area contributed by atoms with E-state index >= 15 is 0 Å². The highest BCUT2D eigenvalue weighted by Gasteiger charge is 2.44. The summed E-state index contributed by atoms with van der Waals surface area (Å²) in [6, 6.07) is 8.56. The molecule has 0 saturated heterocycles. The third kappa shape index (κ3) is 4.16. The Bertz CT molecular complexity index is 1040. The number of para-hydroxylation sites is 1. The molecule has 2 heterocycles. The standard InChI is InChI=1S/C22H25N3O5.HI/c1-13-6-4-5-7-15(13)24-22(27)19-18-14(8-9-25(19,2)11-17(23)26)10-16-20(21(18)28-3)30-12-29-16;/h4-7,10,19H,8-9,11-12H2,1-3H3,(H2-,23,24,26,27);1H. The van der Waals surface area contributed by atoms with Gasteiger partial charge in [0.1, 0.15) is 6.04 Å². The van der Waals surface area contributed by atoms with Crippen molar-refractivity contribution in [2.75, 3.05) is 34.0 Å². The van der Waals surface area contributed by atoms with Crippen LogP contribution in [0.3, 0.4) is 0 Å². The molecule has 8 nitrogen and oxygen atoms in total. The Hall–Kier alpha value is -2.53. The molecule has 166 valence electrons. The molecule has 0 bridgehead atoms. The third-order valence-corrected chi connectivity index (χ3v) is 5.83. The number of nitrogens with two attached hydrogens (primary N) is 1. The summed E-state index contributed by atoms with van der Waals surface area (Å²) in [5.74, 6) is 0.684. The van der Waals surface area contributed by atoms with Crippen molar-refractivity contribution in [3.63, 3.8) is 0 Å². The van der Waals surface area contributed by atoms with Gasteiger partial charge < -0.3 is 29.5 Å². The van der Waals surface area contributed by atoms with Gasteiger partial charge in [-0.05, 0) is 30.2 Å². The molecule has 31 heavy (non-hydrogen) atoms. The number of likely N-dealkylation sites (N-methyl/N-ethyl adjacent to an activating group) is 1. The van der Waals surface area contributed by atoms with Crippen LogP contribution in [0.1, 0.15) is 22.7 Å². The Morgan fingerprint density at radius 2 is 2.10 bits per heavy atom. The molecule has 0 saturated carbocycles. The number of ether oxygens (including phenoxy) is 3. The number of rotatable bonds is 5. The molecule has 0 spiro atoms. The second-order valence-corrected chi connectivity index (χ2v) is 7.93. The van der Waals surface area contributed by atoms with Crippen molar-refractivity contribution >= 4 is 41.5 Å². The van der Waals surface area contributed by atoms with Crippen LogP contribution >= 0.6 is 24.0 Å². The zero-order valence-corrected chi connectivity index (χ0v) is 20.0. The molecule has 2 unspecified atom stereocenters. The maximum Gasteiger partial charge on any atom is 0.272 e. The van der Waals surface area contributed by atoms with Gasteiger partial charge in [0.05, 0.1) is 32.0 Å². The van der Waals surface area contributed by atoms with E-state index in [4.69, 9.17) is 19.9 Å². The molecule has 0 aliphatic carbocycles. The van der Waals surface area contributed by atoms with Crippen LogP contribution in [0.2, 0.25) is 0 Å². The number of aryl methyl sites for hydroxylation is 1. The minimum Gasteiger partial charge on any atom is -0.857 e. The number of carbonyl (C=O) groups excluding carboxylic acids is 1. The van der Waals surface area contributed by atoms with Gasteiger partial charge in [-0.25, -0.2) is 0 Å². The van der Waals surface area contributed by atoms with Crippen molar-refractivity contribution in [3.8, 4) is 17.2 Å². The number of amides is 1. The van der Waals surface area contributed by atoms with Crippen LogP contribution in [0, 0.1) is 6.92 Å². The van der Waals surface area contributed by atoms with Crippen molar-refractivity contribution in [3.05, 3.63) is 47.0 Å². The van der Waals surface area contributed by atoms with Crippen LogP contribution in [-0.4, -0.2) is 50.3 Å². The van der Waals surface area contributed by atoms with Gasteiger partial charge in [-0.3, -0.25) is 9.79 Å². The number of carbonyl (C=O) groups is 1. The fourth-order valence-electron chi connectivity index (χ4n) is 4.39. The van der Waals surface area contributed by atoms with Gasteiger partial charge in [-0.15, -0.1) is 24.0 Å². The van der Waals surface area contributed by atoms with E-state index in [2.05, 4.69) is 4.99 Å². The molecule has 2 aliphatic rings. The first-order valence-corrected chi connectivity index (χ1v) is 9.77. The first-order valence-electron chi connectivity index (χ1n) is 9.77. The number of fused-ring (bicyclic) bond motifs is 2. The number of methoxy groups -OCH3 is 1. The Kier molecular flexibility index (Phi) is 6.65. The minimum absolute atomic E-state index is 0. The second-order valence-electron chi connectivity index (χ2n) is 7.93. The first-order chi connectivity index (χ1) is 14.3. The van der Waals surface area contributed by atoms with Crippen molar-refractivity contribution in [1.29, 1.82) is 0 Å². The second kappa shape index (κ2) is 8.91. The van der Waals surface area contributed by atoms with Gasteiger partial charge in [0.2, 0.25) is 12.5 Å². The monoisotopic (exact) mass is 539 g/mol. The Morgan fingerprint density at radius 1 is 1.35 bits per heavy atom. The first kappa shape index (κ1) is 23.1. The molecule has 2 N–H and O–H groups in total. The number of hydrogen-bond acceptors (Lipinski definition) is 6. The molecule has 0 aromatic heterocycles. The van der Waals surface area contributed by atoms with Crippen molar-refractivity contribution < 1.29 is 28.6 Å². The number of aliphatic imine (C=N–C) groups is 1. The van der Waals surface area contributed by atoms with E-state index in [-0.39, 0.29) is 47.7 Å². The molecule has 2 aromatic carbocycles. The molecule has 4 rings (SSSR count). The molecule has 0 fully saturated rings. The highest BCUT2D eigenvalue weighted by Crippen LogP contribution is 2.51. The minimum atomic E-state index is -0.759. The predicted octanol–water partition coefficient (Wildman–Crippen LogP) is 1.97. The third-order valence-electron chi connectivity index (χ3n) is 5.83. The van der Waals surface area contributed by atoms with E-state index in [1.54, 1.807) is 6.07 Å². The smallest absolute Gasteiger partial charge is 0.272 e. The van der Waals surface area contributed by atoms with Gasteiger partial charge in [-0.2, -0.15) is 0 Å². The van der Waals surface area contributed by atoms with Crippen LogP contribution in [0.5, 0.6) is 17.2 Å². The van der Waals surface area contributed by atoms with E-state index in [0.29, 0.717) is 41.5 Å². The molecule has 1 amide bonds. The fourth-order valence-corrected chi connectivity index (χ4v) is 4.39.